The van der Waals surface area contributed by atoms with Gasteiger partial charge in [0.2, 0.25) is 0 Å². The summed E-state index contributed by atoms with van der Waals surface area (Å²) in [6, 6.07) is 0. The van der Waals surface area contributed by atoms with Gasteiger partial charge in [0.25, 0.3) is 0 Å². The molecule has 0 saturated heterocycles. The SMILES string of the molecule is CO[Si](OC)(C1CCC(C)CC1)C1CCCC1(C)C. The maximum Gasteiger partial charge on any atom is 0.344 e. The summed E-state index contributed by atoms with van der Waals surface area (Å²) in [5.41, 5.74) is 1.79. The van der Waals surface area contributed by atoms with Crippen LogP contribution in [-0.2, 0) is 8.85 Å². The van der Waals surface area contributed by atoms with E-state index >= 15 is 0 Å². The molecule has 0 aromatic carbocycles. The maximum atomic E-state index is 6.20. The molecule has 0 aromatic rings. The van der Waals surface area contributed by atoms with Gasteiger partial charge in [-0.2, -0.15) is 0 Å². The van der Waals surface area contributed by atoms with Crippen LogP contribution in [0.15, 0.2) is 0 Å². The molecule has 1 atom stereocenters. The summed E-state index contributed by atoms with van der Waals surface area (Å²) in [4.78, 5) is 0. The Balaban J connectivity index is 2.22. The van der Waals surface area contributed by atoms with E-state index in [1.807, 2.05) is 14.2 Å². The van der Waals surface area contributed by atoms with Crippen LogP contribution in [-0.4, -0.2) is 22.8 Å². The van der Waals surface area contributed by atoms with Crippen LogP contribution in [0.2, 0.25) is 11.1 Å². The molecule has 0 amide bonds. The number of hydrogen-bond acceptors (Lipinski definition) is 2. The van der Waals surface area contributed by atoms with Crippen LogP contribution in [0, 0.1) is 11.3 Å². The molecule has 2 rings (SSSR count). The molecule has 2 nitrogen and oxygen atoms in total. The monoisotopic (exact) mass is 284 g/mol. The fourth-order valence-corrected chi connectivity index (χ4v) is 9.67. The van der Waals surface area contributed by atoms with E-state index < -0.39 is 8.56 Å². The van der Waals surface area contributed by atoms with Gasteiger partial charge in [-0.15, -0.1) is 0 Å². The molecule has 0 aliphatic heterocycles. The van der Waals surface area contributed by atoms with Crippen molar-refractivity contribution in [1.29, 1.82) is 0 Å². The minimum Gasteiger partial charge on any atom is -0.397 e. The smallest absolute Gasteiger partial charge is 0.344 e. The third kappa shape index (κ3) is 2.79. The van der Waals surface area contributed by atoms with E-state index in [4.69, 9.17) is 8.85 Å². The second-order valence-electron chi connectivity index (χ2n) is 7.52. The van der Waals surface area contributed by atoms with E-state index in [-0.39, 0.29) is 0 Å². The largest absolute Gasteiger partial charge is 0.397 e. The molecule has 0 heterocycles. The van der Waals surface area contributed by atoms with Gasteiger partial charge in [0.1, 0.15) is 0 Å². The lowest BCUT2D eigenvalue weighted by molar-refractivity contribution is 0.174. The zero-order valence-electron chi connectivity index (χ0n) is 13.5. The highest BCUT2D eigenvalue weighted by Crippen LogP contribution is 2.57. The summed E-state index contributed by atoms with van der Waals surface area (Å²) in [5.74, 6) is 0.897. The third-order valence-corrected chi connectivity index (χ3v) is 11.0. The van der Waals surface area contributed by atoms with Crippen molar-refractivity contribution in [3.8, 4) is 0 Å². The van der Waals surface area contributed by atoms with E-state index in [1.54, 1.807) is 0 Å². The second-order valence-corrected chi connectivity index (χ2v) is 11.3. The standard InChI is InChI=1S/C16H32O2Si/c1-13-8-10-14(11-9-13)19(17-4,18-5)15-7-6-12-16(15,2)3/h13-15H,6-12H2,1-5H3. The zero-order valence-corrected chi connectivity index (χ0v) is 14.5. The first kappa shape index (κ1) is 15.5. The second kappa shape index (κ2) is 5.86. The van der Waals surface area contributed by atoms with Crippen molar-refractivity contribution in [3.05, 3.63) is 0 Å². The zero-order chi connectivity index (χ0) is 14.1. The summed E-state index contributed by atoms with van der Waals surface area (Å²) in [6.07, 6.45) is 9.36. The van der Waals surface area contributed by atoms with E-state index in [0.29, 0.717) is 16.5 Å². The molecule has 2 saturated carbocycles. The number of rotatable bonds is 4. The average Bonchev–Trinajstić information content (AvgIpc) is 2.74. The van der Waals surface area contributed by atoms with Crippen molar-refractivity contribution < 1.29 is 8.85 Å². The van der Waals surface area contributed by atoms with Crippen LogP contribution in [0.5, 0.6) is 0 Å². The highest BCUT2D eigenvalue weighted by Gasteiger charge is 2.57. The van der Waals surface area contributed by atoms with Crippen LogP contribution >= 0.6 is 0 Å². The van der Waals surface area contributed by atoms with Crippen molar-refractivity contribution in [2.75, 3.05) is 14.2 Å². The van der Waals surface area contributed by atoms with Gasteiger partial charge in [-0.05, 0) is 37.0 Å². The Labute approximate surface area is 120 Å². The van der Waals surface area contributed by atoms with E-state index in [1.165, 1.54) is 44.9 Å². The fraction of sp³-hybridized carbons (Fsp3) is 1.00. The first-order valence-electron chi connectivity index (χ1n) is 8.06. The van der Waals surface area contributed by atoms with Gasteiger partial charge in [0.05, 0.1) is 0 Å². The Bertz CT molecular complexity index is 291. The van der Waals surface area contributed by atoms with Crippen LogP contribution in [0.25, 0.3) is 0 Å². The van der Waals surface area contributed by atoms with Gasteiger partial charge in [-0.3, -0.25) is 0 Å². The molecule has 112 valence electrons. The molecule has 1 unspecified atom stereocenters. The van der Waals surface area contributed by atoms with Crippen molar-refractivity contribution in [2.24, 2.45) is 11.3 Å². The normalized spacial score (nSPS) is 35.5. The molecule has 2 fully saturated rings. The molecule has 3 heteroatoms. The average molecular weight is 285 g/mol. The van der Waals surface area contributed by atoms with Crippen LogP contribution < -0.4 is 0 Å². The Hall–Kier alpha value is 0.137. The van der Waals surface area contributed by atoms with Crippen LogP contribution in [0.4, 0.5) is 0 Å². The highest BCUT2D eigenvalue weighted by atomic mass is 28.4. The van der Waals surface area contributed by atoms with Crippen molar-refractivity contribution >= 4 is 8.56 Å². The fourth-order valence-electron chi connectivity index (χ4n) is 4.72. The number of hydrogen-bond donors (Lipinski definition) is 0. The van der Waals surface area contributed by atoms with E-state index in [0.717, 1.165) is 5.92 Å². The minimum absolute atomic E-state index is 0.404. The van der Waals surface area contributed by atoms with Crippen LogP contribution in [0.1, 0.15) is 65.7 Å². The highest BCUT2D eigenvalue weighted by molar-refractivity contribution is 6.70. The van der Waals surface area contributed by atoms with Crippen molar-refractivity contribution in [3.63, 3.8) is 0 Å². The summed E-state index contributed by atoms with van der Waals surface area (Å²) < 4.78 is 12.4. The summed E-state index contributed by atoms with van der Waals surface area (Å²) >= 11 is 0. The molecule has 2 aliphatic carbocycles. The van der Waals surface area contributed by atoms with Gasteiger partial charge >= 0.3 is 8.56 Å². The molecule has 0 aromatic heterocycles. The molecule has 0 radical (unpaired) electrons. The van der Waals surface area contributed by atoms with E-state index in [9.17, 15) is 0 Å². The lowest BCUT2D eigenvalue weighted by atomic mass is 9.90. The molecular weight excluding hydrogens is 252 g/mol. The predicted octanol–water partition coefficient (Wildman–Crippen LogP) is 4.88. The maximum absolute atomic E-state index is 6.20. The van der Waals surface area contributed by atoms with E-state index in [2.05, 4.69) is 20.8 Å². The summed E-state index contributed by atoms with van der Waals surface area (Å²) in [5, 5.41) is 0. The van der Waals surface area contributed by atoms with Gasteiger partial charge in [0.15, 0.2) is 0 Å². The first-order valence-corrected chi connectivity index (χ1v) is 10.0. The quantitative estimate of drug-likeness (QED) is 0.685. The summed E-state index contributed by atoms with van der Waals surface area (Å²) in [6.45, 7) is 7.24. The van der Waals surface area contributed by atoms with Gasteiger partial charge in [0, 0.05) is 25.3 Å². The predicted molar refractivity (Wildman–Crippen MR) is 82.5 cm³/mol. The van der Waals surface area contributed by atoms with Gasteiger partial charge < -0.3 is 8.85 Å². The molecule has 2 aliphatic rings. The minimum atomic E-state index is -2.07. The Morgan fingerprint density at radius 3 is 1.95 bits per heavy atom. The third-order valence-electron chi connectivity index (χ3n) is 5.97. The van der Waals surface area contributed by atoms with Crippen molar-refractivity contribution in [1.82, 2.24) is 0 Å². The van der Waals surface area contributed by atoms with Gasteiger partial charge in [-0.25, -0.2) is 0 Å². The van der Waals surface area contributed by atoms with Gasteiger partial charge in [-0.1, -0.05) is 40.0 Å². The molecular formula is C16H32O2Si. The first-order chi connectivity index (χ1) is 8.96. The molecule has 19 heavy (non-hydrogen) atoms. The Morgan fingerprint density at radius 1 is 0.947 bits per heavy atom. The molecule has 0 N–H and O–H groups in total. The summed E-state index contributed by atoms with van der Waals surface area (Å²) in [7, 11) is 1.76. The van der Waals surface area contributed by atoms with Crippen molar-refractivity contribution in [2.45, 2.75) is 76.8 Å². The topological polar surface area (TPSA) is 18.5 Å². The Morgan fingerprint density at radius 2 is 1.53 bits per heavy atom. The lowest BCUT2D eigenvalue weighted by Gasteiger charge is -2.46. The lowest BCUT2D eigenvalue weighted by Crippen LogP contribution is -2.53. The molecule has 0 bridgehead atoms. The van der Waals surface area contributed by atoms with Crippen LogP contribution in [0.3, 0.4) is 0 Å². The Kier molecular flexibility index (Phi) is 4.79. The molecule has 0 spiro atoms.